The molecule has 3 aliphatic rings. The number of nitrogens with zero attached hydrogens (tertiary/aromatic N) is 2. The Labute approximate surface area is 176 Å². The predicted molar refractivity (Wildman–Crippen MR) is 110 cm³/mol. The highest BCUT2D eigenvalue weighted by Crippen LogP contribution is 2.33. The summed E-state index contributed by atoms with van der Waals surface area (Å²) in [5.41, 5.74) is 1.56. The smallest absolute Gasteiger partial charge is 0.262 e. The van der Waals surface area contributed by atoms with E-state index in [1.165, 1.54) is 0 Å². The van der Waals surface area contributed by atoms with Gasteiger partial charge in [0.25, 0.3) is 11.8 Å². The average Bonchev–Trinajstić information content (AvgIpc) is 3.00. The van der Waals surface area contributed by atoms with Crippen molar-refractivity contribution in [3.8, 4) is 0 Å². The van der Waals surface area contributed by atoms with Crippen LogP contribution in [0.2, 0.25) is 0 Å². The summed E-state index contributed by atoms with van der Waals surface area (Å²) in [6.07, 6.45) is 2.26. The molecule has 1 aromatic carbocycles. The molecule has 3 heterocycles. The summed E-state index contributed by atoms with van der Waals surface area (Å²) in [4.78, 5) is 53.6. The van der Waals surface area contributed by atoms with Crippen molar-refractivity contribution in [3.63, 3.8) is 0 Å². The quantitative estimate of drug-likeness (QED) is 0.702. The highest BCUT2D eigenvalue weighted by molar-refractivity contribution is 6.24. The van der Waals surface area contributed by atoms with Crippen LogP contribution in [-0.2, 0) is 16.1 Å². The first-order valence-corrected chi connectivity index (χ1v) is 10.7. The molecule has 4 amide bonds. The Kier molecular flexibility index (Phi) is 5.46. The molecule has 1 unspecified atom stereocenters. The van der Waals surface area contributed by atoms with Crippen LogP contribution in [0.3, 0.4) is 0 Å². The number of fused-ring (bicyclic) bond motifs is 1. The first kappa shape index (κ1) is 20.7. The van der Waals surface area contributed by atoms with E-state index in [4.69, 9.17) is 0 Å². The van der Waals surface area contributed by atoms with Crippen LogP contribution < -0.4 is 10.6 Å². The maximum atomic E-state index is 13.3. The topological polar surface area (TPSA) is 98.8 Å². The highest BCUT2D eigenvalue weighted by Gasteiger charge is 2.46. The lowest BCUT2D eigenvalue weighted by Gasteiger charge is -2.47. The minimum Gasteiger partial charge on any atom is -0.314 e. The number of amides is 4. The third-order valence-corrected chi connectivity index (χ3v) is 6.92. The van der Waals surface area contributed by atoms with Gasteiger partial charge in [-0.2, -0.15) is 0 Å². The number of benzene rings is 1. The second-order valence-electron chi connectivity index (χ2n) is 8.32. The lowest BCUT2D eigenvalue weighted by Crippen LogP contribution is -2.60. The van der Waals surface area contributed by atoms with Gasteiger partial charge in [-0.25, -0.2) is 0 Å². The molecule has 1 atom stereocenters. The summed E-state index contributed by atoms with van der Waals surface area (Å²) in [5, 5.41) is 5.72. The van der Waals surface area contributed by atoms with Crippen LogP contribution in [0.4, 0.5) is 0 Å². The summed E-state index contributed by atoms with van der Waals surface area (Å²) in [5.74, 6) is -1.85. The normalized spacial score (nSPS) is 24.2. The molecule has 3 aliphatic heterocycles. The van der Waals surface area contributed by atoms with Crippen molar-refractivity contribution in [3.05, 3.63) is 34.9 Å². The molecule has 0 spiro atoms. The maximum absolute atomic E-state index is 13.3. The molecular formula is C22H28N4O4. The SMILES string of the molecule is CCC1(CC)CNCCN1Cc1cccc2c1C(=O)N(C1CCC(=O)NC1=O)C2=O. The molecule has 0 saturated carbocycles. The predicted octanol–water partition coefficient (Wildman–Crippen LogP) is 1.05. The molecule has 0 radical (unpaired) electrons. The van der Waals surface area contributed by atoms with E-state index in [1.807, 2.05) is 6.07 Å². The van der Waals surface area contributed by atoms with Crippen LogP contribution in [0.25, 0.3) is 0 Å². The average molecular weight is 412 g/mol. The number of hydrogen-bond acceptors (Lipinski definition) is 6. The fourth-order valence-electron chi connectivity index (χ4n) is 5.00. The molecule has 0 aliphatic carbocycles. The van der Waals surface area contributed by atoms with Crippen LogP contribution in [-0.4, -0.2) is 64.6 Å². The standard InChI is InChI=1S/C22H28N4O4/c1-3-22(4-2)13-23-10-11-25(22)12-14-6-5-7-15-18(14)21(30)26(20(15)29)16-8-9-17(27)24-19(16)28/h5-7,16,23H,3-4,8-13H2,1-2H3,(H,24,27,28). The molecule has 2 saturated heterocycles. The maximum Gasteiger partial charge on any atom is 0.262 e. The van der Waals surface area contributed by atoms with E-state index in [-0.39, 0.29) is 24.3 Å². The van der Waals surface area contributed by atoms with Gasteiger partial charge >= 0.3 is 0 Å². The largest absolute Gasteiger partial charge is 0.314 e. The number of piperidine rings is 1. The molecule has 8 heteroatoms. The Morgan fingerprint density at radius 1 is 1.10 bits per heavy atom. The Morgan fingerprint density at radius 2 is 1.87 bits per heavy atom. The summed E-state index contributed by atoms with van der Waals surface area (Å²) in [7, 11) is 0. The number of carbonyl (C=O) groups is 4. The first-order valence-electron chi connectivity index (χ1n) is 10.7. The van der Waals surface area contributed by atoms with Crippen molar-refractivity contribution in [1.29, 1.82) is 0 Å². The van der Waals surface area contributed by atoms with E-state index in [0.29, 0.717) is 17.7 Å². The van der Waals surface area contributed by atoms with Crippen LogP contribution in [0.1, 0.15) is 65.8 Å². The molecule has 8 nitrogen and oxygen atoms in total. The molecule has 4 rings (SSSR count). The van der Waals surface area contributed by atoms with E-state index in [0.717, 1.165) is 42.9 Å². The Morgan fingerprint density at radius 3 is 2.57 bits per heavy atom. The lowest BCUT2D eigenvalue weighted by atomic mass is 9.87. The van der Waals surface area contributed by atoms with Gasteiger partial charge in [0.1, 0.15) is 6.04 Å². The van der Waals surface area contributed by atoms with Crippen LogP contribution in [0.15, 0.2) is 18.2 Å². The monoisotopic (exact) mass is 412 g/mol. The Bertz CT molecular complexity index is 908. The number of rotatable bonds is 5. The number of piperazine rings is 1. The van der Waals surface area contributed by atoms with Crippen molar-refractivity contribution in [2.24, 2.45) is 0 Å². The number of carbonyl (C=O) groups excluding carboxylic acids is 4. The first-order chi connectivity index (χ1) is 14.4. The molecule has 160 valence electrons. The molecule has 2 N–H and O–H groups in total. The highest BCUT2D eigenvalue weighted by atomic mass is 16.2. The molecule has 2 fully saturated rings. The van der Waals surface area contributed by atoms with Crippen molar-refractivity contribution in [1.82, 2.24) is 20.4 Å². The molecule has 1 aromatic rings. The third kappa shape index (κ3) is 3.24. The van der Waals surface area contributed by atoms with Gasteiger partial charge in [0.05, 0.1) is 11.1 Å². The van der Waals surface area contributed by atoms with Gasteiger partial charge in [-0.05, 0) is 30.9 Å². The van der Waals surface area contributed by atoms with Gasteiger partial charge in [0.2, 0.25) is 11.8 Å². The zero-order chi connectivity index (χ0) is 21.5. The van der Waals surface area contributed by atoms with Crippen LogP contribution in [0.5, 0.6) is 0 Å². The molecule has 30 heavy (non-hydrogen) atoms. The zero-order valence-corrected chi connectivity index (χ0v) is 17.5. The molecule has 0 bridgehead atoms. The zero-order valence-electron chi connectivity index (χ0n) is 17.5. The van der Waals surface area contributed by atoms with Crippen LogP contribution in [0, 0.1) is 0 Å². The van der Waals surface area contributed by atoms with Gasteiger partial charge < -0.3 is 5.32 Å². The van der Waals surface area contributed by atoms with Gasteiger partial charge in [0.15, 0.2) is 0 Å². The fourth-order valence-corrected chi connectivity index (χ4v) is 5.00. The van der Waals surface area contributed by atoms with E-state index in [1.54, 1.807) is 12.1 Å². The Balaban J connectivity index is 1.65. The fraction of sp³-hybridized carbons (Fsp3) is 0.545. The van der Waals surface area contributed by atoms with Gasteiger partial charge in [0, 0.05) is 38.1 Å². The van der Waals surface area contributed by atoms with E-state index in [9.17, 15) is 19.2 Å². The van der Waals surface area contributed by atoms with Crippen LogP contribution >= 0.6 is 0 Å². The second-order valence-corrected chi connectivity index (χ2v) is 8.32. The van der Waals surface area contributed by atoms with E-state index < -0.39 is 23.8 Å². The molecular weight excluding hydrogens is 384 g/mol. The number of imide groups is 2. The summed E-state index contributed by atoms with van der Waals surface area (Å²) >= 11 is 0. The summed E-state index contributed by atoms with van der Waals surface area (Å²) in [6, 6.07) is 4.41. The summed E-state index contributed by atoms with van der Waals surface area (Å²) < 4.78 is 0. The lowest BCUT2D eigenvalue weighted by molar-refractivity contribution is -0.136. The third-order valence-electron chi connectivity index (χ3n) is 6.92. The summed E-state index contributed by atoms with van der Waals surface area (Å²) in [6.45, 7) is 7.58. The van der Waals surface area contributed by atoms with E-state index >= 15 is 0 Å². The van der Waals surface area contributed by atoms with Gasteiger partial charge in [-0.1, -0.05) is 26.0 Å². The van der Waals surface area contributed by atoms with Crippen molar-refractivity contribution in [2.45, 2.75) is 57.7 Å². The van der Waals surface area contributed by atoms with Gasteiger partial charge in [-0.15, -0.1) is 0 Å². The van der Waals surface area contributed by atoms with Crippen molar-refractivity contribution >= 4 is 23.6 Å². The minimum absolute atomic E-state index is 0.00986. The second kappa shape index (κ2) is 7.92. The van der Waals surface area contributed by atoms with E-state index in [2.05, 4.69) is 29.4 Å². The van der Waals surface area contributed by atoms with Gasteiger partial charge in [-0.3, -0.25) is 34.3 Å². The number of nitrogens with one attached hydrogen (secondary N) is 2. The number of hydrogen-bond donors (Lipinski definition) is 2. The Hall–Kier alpha value is -2.58. The minimum atomic E-state index is -0.937. The van der Waals surface area contributed by atoms with Crippen molar-refractivity contribution in [2.75, 3.05) is 19.6 Å². The molecule has 0 aromatic heterocycles. The van der Waals surface area contributed by atoms with Crippen molar-refractivity contribution < 1.29 is 19.2 Å².